The van der Waals surface area contributed by atoms with Gasteiger partial charge >= 0.3 is 5.69 Å². The number of ether oxygens (including phenoxy) is 1. The fourth-order valence-corrected chi connectivity index (χ4v) is 2.26. The molecule has 7 heteroatoms. The molecule has 7 nitrogen and oxygen atoms in total. The van der Waals surface area contributed by atoms with Gasteiger partial charge in [-0.3, -0.25) is 10.1 Å². The minimum Gasteiger partial charge on any atom is -0.493 e. The Morgan fingerprint density at radius 3 is 2.83 bits per heavy atom. The first-order valence-corrected chi connectivity index (χ1v) is 7.52. The number of aromatic nitrogens is 2. The van der Waals surface area contributed by atoms with Crippen molar-refractivity contribution in [2.45, 2.75) is 27.3 Å². The maximum atomic E-state index is 11.2. The van der Waals surface area contributed by atoms with Crippen LogP contribution in [0.3, 0.4) is 0 Å². The molecule has 1 N–H and O–H groups in total. The van der Waals surface area contributed by atoms with Gasteiger partial charge in [0.05, 0.1) is 11.5 Å². The molecule has 0 unspecified atom stereocenters. The van der Waals surface area contributed by atoms with Crippen molar-refractivity contribution in [3.63, 3.8) is 0 Å². The molecule has 124 valence electrons. The zero-order valence-corrected chi connectivity index (χ0v) is 13.9. The van der Waals surface area contributed by atoms with Crippen LogP contribution in [0.4, 0.5) is 11.5 Å². The Morgan fingerprint density at radius 2 is 2.17 bits per heavy atom. The van der Waals surface area contributed by atoms with Crippen molar-refractivity contribution in [1.82, 2.24) is 9.78 Å². The van der Waals surface area contributed by atoms with Gasteiger partial charge in [-0.05, 0) is 30.5 Å². The number of nitro groups is 1. The Labute approximate surface area is 135 Å². The van der Waals surface area contributed by atoms with Gasteiger partial charge in [0, 0.05) is 13.6 Å². The Balaban J connectivity index is 2.10. The number of aryl methyl sites for hydroxylation is 2. The van der Waals surface area contributed by atoms with Gasteiger partial charge in [0.25, 0.3) is 0 Å². The van der Waals surface area contributed by atoms with E-state index in [9.17, 15) is 10.1 Å². The summed E-state index contributed by atoms with van der Waals surface area (Å²) in [6.07, 6.45) is 0. The van der Waals surface area contributed by atoms with Gasteiger partial charge in [-0.25, -0.2) is 4.68 Å². The Bertz CT molecular complexity index is 695. The predicted molar refractivity (Wildman–Crippen MR) is 88.7 cm³/mol. The first-order chi connectivity index (χ1) is 10.9. The van der Waals surface area contributed by atoms with Gasteiger partial charge in [-0.2, -0.15) is 5.10 Å². The maximum absolute atomic E-state index is 11.2. The zero-order valence-electron chi connectivity index (χ0n) is 13.9. The van der Waals surface area contributed by atoms with E-state index in [4.69, 9.17) is 4.74 Å². The van der Waals surface area contributed by atoms with Crippen LogP contribution in [0.5, 0.6) is 5.75 Å². The third-order valence-electron chi connectivity index (χ3n) is 3.31. The number of benzene rings is 1. The van der Waals surface area contributed by atoms with Crippen LogP contribution in [-0.4, -0.2) is 21.3 Å². The number of nitrogens with zero attached hydrogens (tertiary/aromatic N) is 3. The molecule has 0 amide bonds. The van der Waals surface area contributed by atoms with E-state index in [-0.39, 0.29) is 5.69 Å². The molecule has 0 saturated carbocycles. The summed E-state index contributed by atoms with van der Waals surface area (Å²) in [6, 6.07) is 7.70. The molecule has 2 rings (SSSR count). The van der Waals surface area contributed by atoms with E-state index in [1.54, 1.807) is 14.0 Å². The van der Waals surface area contributed by atoms with Crippen molar-refractivity contribution in [2.75, 3.05) is 11.9 Å². The average molecular weight is 318 g/mol. The molecule has 23 heavy (non-hydrogen) atoms. The molecule has 0 aliphatic carbocycles. The fraction of sp³-hybridized carbons (Fsp3) is 0.438. The molecule has 0 fully saturated rings. The van der Waals surface area contributed by atoms with Crippen LogP contribution in [0.25, 0.3) is 0 Å². The summed E-state index contributed by atoms with van der Waals surface area (Å²) < 4.78 is 7.19. The van der Waals surface area contributed by atoms with Crippen LogP contribution in [0.1, 0.15) is 25.1 Å². The lowest BCUT2D eigenvalue weighted by Crippen LogP contribution is -2.07. The highest BCUT2D eigenvalue weighted by Crippen LogP contribution is 2.27. The van der Waals surface area contributed by atoms with Crippen LogP contribution in [0.15, 0.2) is 24.3 Å². The van der Waals surface area contributed by atoms with E-state index >= 15 is 0 Å². The molecule has 0 aliphatic rings. The summed E-state index contributed by atoms with van der Waals surface area (Å²) in [5.41, 5.74) is 1.40. The highest BCUT2D eigenvalue weighted by molar-refractivity contribution is 5.59. The van der Waals surface area contributed by atoms with Crippen molar-refractivity contribution in [3.05, 3.63) is 45.6 Å². The van der Waals surface area contributed by atoms with Crippen LogP contribution in [-0.2, 0) is 13.6 Å². The van der Waals surface area contributed by atoms with Gasteiger partial charge in [-0.1, -0.05) is 26.0 Å². The van der Waals surface area contributed by atoms with Crippen molar-refractivity contribution >= 4 is 11.5 Å². The second-order valence-corrected chi connectivity index (χ2v) is 5.87. The summed E-state index contributed by atoms with van der Waals surface area (Å²) in [5.74, 6) is 1.66. The maximum Gasteiger partial charge on any atom is 0.333 e. The summed E-state index contributed by atoms with van der Waals surface area (Å²) >= 11 is 0. The lowest BCUT2D eigenvalue weighted by atomic mass is 10.2. The minimum absolute atomic E-state index is 0.0136. The number of hydrogen-bond donors (Lipinski definition) is 1. The lowest BCUT2D eigenvalue weighted by molar-refractivity contribution is -0.384. The standard InChI is InChI=1S/C16H22N4O3/c1-11(2)10-23-14-7-5-6-13(8-14)9-17-16-15(20(21)22)12(3)18-19(16)4/h5-8,11,17H,9-10H2,1-4H3. The summed E-state index contributed by atoms with van der Waals surface area (Å²) in [5, 5.41) is 18.4. The van der Waals surface area contributed by atoms with Crippen LogP contribution in [0, 0.1) is 23.0 Å². The molecular weight excluding hydrogens is 296 g/mol. The fourth-order valence-electron chi connectivity index (χ4n) is 2.26. The highest BCUT2D eigenvalue weighted by atomic mass is 16.6. The molecule has 1 aromatic carbocycles. The van der Waals surface area contributed by atoms with E-state index in [2.05, 4.69) is 24.3 Å². The van der Waals surface area contributed by atoms with Gasteiger partial charge in [0.15, 0.2) is 0 Å². The molecule has 0 radical (unpaired) electrons. The monoisotopic (exact) mass is 318 g/mol. The Hall–Kier alpha value is -2.57. The van der Waals surface area contributed by atoms with Crippen LogP contribution < -0.4 is 10.1 Å². The van der Waals surface area contributed by atoms with E-state index in [0.29, 0.717) is 30.6 Å². The second-order valence-electron chi connectivity index (χ2n) is 5.87. The van der Waals surface area contributed by atoms with Gasteiger partial charge in [-0.15, -0.1) is 0 Å². The predicted octanol–water partition coefficient (Wildman–Crippen LogP) is 3.28. The Morgan fingerprint density at radius 1 is 1.43 bits per heavy atom. The highest BCUT2D eigenvalue weighted by Gasteiger charge is 2.23. The largest absolute Gasteiger partial charge is 0.493 e. The smallest absolute Gasteiger partial charge is 0.333 e. The van der Waals surface area contributed by atoms with E-state index in [1.165, 1.54) is 4.68 Å². The van der Waals surface area contributed by atoms with Crippen molar-refractivity contribution in [3.8, 4) is 5.75 Å². The van der Waals surface area contributed by atoms with Crippen LogP contribution >= 0.6 is 0 Å². The Kier molecular flexibility index (Phi) is 5.20. The molecule has 1 heterocycles. The van der Waals surface area contributed by atoms with Crippen LogP contribution in [0.2, 0.25) is 0 Å². The third-order valence-corrected chi connectivity index (χ3v) is 3.31. The minimum atomic E-state index is -0.410. The summed E-state index contributed by atoms with van der Waals surface area (Å²) in [6.45, 7) is 6.93. The second kappa shape index (κ2) is 7.13. The first kappa shape index (κ1) is 16.8. The molecule has 0 saturated heterocycles. The molecule has 0 atom stereocenters. The van der Waals surface area contributed by atoms with E-state index < -0.39 is 4.92 Å². The SMILES string of the molecule is Cc1nn(C)c(NCc2cccc(OCC(C)C)c2)c1[N+](=O)[O-]. The van der Waals surface area contributed by atoms with E-state index in [1.807, 2.05) is 24.3 Å². The first-order valence-electron chi connectivity index (χ1n) is 7.52. The third kappa shape index (κ3) is 4.21. The van der Waals surface area contributed by atoms with Gasteiger partial charge in [0.1, 0.15) is 11.4 Å². The molecule has 0 bridgehead atoms. The van der Waals surface area contributed by atoms with Gasteiger partial charge < -0.3 is 10.1 Å². The average Bonchev–Trinajstić information content (AvgIpc) is 2.77. The molecule has 1 aromatic heterocycles. The molecule has 0 spiro atoms. The topological polar surface area (TPSA) is 82.2 Å². The van der Waals surface area contributed by atoms with Gasteiger partial charge in [0.2, 0.25) is 5.82 Å². The van der Waals surface area contributed by atoms with Crippen molar-refractivity contribution < 1.29 is 9.66 Å². The number of anilines is 1. The number of rotatable bonds is 7. The normalized spacial score (nSPS) is 10.8. The summed E-state index contributed by atoms with van der Waals surface area (Å²) in [4.78, 5) is 10.8. The van der Waals surface area contributed by atoms with Crippen molar-refractivity contribution in [1.29, 1.82) is 0 Å². The molecular formula is C16H22N4O3. The van der Waals surface area contributed by atoms with E-state index in [0.717, 1.165) is 11.3 Å². The quantitative estimate of drug-likeness (QED) is 0.626. The molecule has 2 aromatic rings. The zero-order chi connectivity index (χ0) is 17.0. The summed E-state index contributed by atoms with van der Waals surface area (Å²) in [7, 11) is 1.69. The van der Waals surface area contributed by atoms with Crippen molar-refractivity contribution in [2.24, 2.45) is 13.0 Å². The lowest BCUT2D eigenvalue weighted by Gasteiger charge is -2.11. The number of hydrogen-bond acceptors (Lipinski definition) is 5. The number of nitrogens with one attached hydrogen (secondary N) is 1. The molecule has 0 aliphatic heterocycles.